The van der Waals surface area contributed by atoms with Gasteiger partial charge >= 0.3 is 0 Å². The summed E-state index contributed by atoms with van der Waals surface area (Å²) in [6.07, 6.45) is 1.24. The molecule has 25 heavy (non-hydrogen) atoms. The third kappa shape index (κ3) is 4.37. The van der Waals surface area contributed by atoms with Gasteiger partial charge in [-0.05, 0) is 30.3 Å². The van der Waals surface area contributed by atoms with Crippen LogP contribution in [0.4, 0.5) is 11.4 Å². The highest BCUT2D eigenvalue weighted by Crippen LogP contribution is 2.22. The van der Waals surface area contributed by atoms with Gasteiger partial charge in [0.1, 0.15) is 0 Å². The van der Waals surface area contributed by atoms with Crippen molar-refractivity contribution >= 4 is 27.3 Å². The summed E-state index contributed by atoms with van der Waals surface area (Å²) in [7, 11) is -3.14. The summed E-state index contributed by atoms with van der Waals surface area (Å²) in [4.78, 5) is 14.4. The molecule has 6 nitrogen and oxygen atoms in total. The van der Waals surface area contributed by atoms with Crippen LogP contribution in [0.25, 0.3) is 0 Å². The number of rotatable bonds is 4. The Morgan fingerprint density at radius 2 is 1.64 bits per heavy atom. The summed E-state index contributed by atoms with van der Waals surface area (Å²) in [5.74, 6) is -0.153. The first-order valence-corrected chi connectivity index (χ1v) is 9.95. The minimum Gasteiger partial charge on any atom is -0.369 e. The predicted molar refractivity (Wildman–Crippen MR) is 99.5 cm³/mol. The normalized spacial score (nSPS) is 15.8. The fourth-order valence-electron chi connectivity index (χ4n) is 2.85. The lowest BCUT2D eigenvalue weighted by Gasteiger charge is -2.34. The standard InChI is InChI=1S/C18H21N3O3S/c1-25(23,24)21-12-10-20(11-13-21)17-9-5-8-16(14-17)19-18(22)15-6-3-2-4-7-15/h2-9,14H,10-13H2,1H3,(H,19,22). The number of nitrogens with one attached hydrogen (secondary N) is 1. The van der Waals surface area contributed by atoms with Gasteiger partial charge in [0.15, 0.2) is 0 Å². The van der Waals surface area contributed by atoms with Crippen LogP contribution in [0.15, 0.2) is 54.6 Å². The first-order valence-electron chi connectivity index (χ1n) is 8.10. The average molecular weight is 359 g/mol. The second kappa shape index (κ2) is 7.25. The van der Waals surface area contributed by atoms with E-state index in [0.717, 1.165) is 11.4 Å². The Morgan fingerprint density at radius 3 is 2.28 bits per heavy atom. The second-order valence-corrected chi connectivity index (χ2v) is 8.00. The first kappa shape index (κ1) is 17.4. The molecule has 0 aromatic heterocycles. The number of hydrogen-bond acceptors (Lipinski definition) is 4. The lowest BCUT2D eigenvalue weighted by Crippen LogP contribution is -2.48. The van der Waals surface area contributed by atoms with Crippen molar-refractivity contribution in [3.05, 3.63) is 60.2 Å². The molecule has 0 bridgehead atoms. The molecule has 0 unspecified atom stereocenters. The number of anilines is 2. The van der Waals surface area contributed by atoms with Crippen molar-refractivity contribution in [1.29, 1.82) is 0 Å². The van der Waals surface area contributed by atoms with Gasteiger partial charge in [0.2, 0.25) is 10.0 Å². The summed E-state index contributed by atoms with van der Waals surface area (Å²) < 4.78 is 24.7. The zero-order chi connectivity index (χ0) is 17.9. The molecule has 0 aliphatic carbocycles. The van der Waals surface area contributed by atoms with Crippen LogP contribution in [0.1, 0.15) is 10.4 Å². The summed E-state index contributed by atoms with van der Waals surface area (Å²) in [5, 5.41) is 2.90. The van der Waals surface area contributed by atoms with Crippen molar-refractivity contribution < 1.29 is 13.2 Å². The fraction of sp³-hybridized carbons (Fsp3) is 0.278. The molecule has 0 atom stereocenters. The van der Waals surface area contributed by atoms with Gasteiger partial charge in [-0.15, -0.1) is 0 Å². The number of piperazine rings is 1. The van der Waals surface area contributed by atoms with Crippen molar-refractivity contribution in [2.75, 3.05) is 42.7 Å². The maximum Gasteiger partial charge on any atom is 0.255 e. The van der Waals surface area contributed by atoms with Crippen molar-refractivity contribution in [3.8, 4) is 0 Å². The molecule has 132 valence electrons. The Kier molecular flexibility index (Phi) is 5.06. The zero-order valence-electron chi connectivity index (χ0n) is 14.1. The zero-order valence-corrected chi connectivity index (χ0v) is 14.9. The Morgan fingerprint density at radius 1 is 0.960 bits per heavy atom. The predicted octanol–water partition coefficient (Wildman–Crippen LogP) is 2.02. The van der Waals surface area contributed by atoms with E-state index in [9.17, 15) is 13.2 Å². The van der Waals surface area contributed by atoms with Gasteiger partial charge in [-0.25, -0.2) is 8.42 Å². The molecule has 0 radical (unpaired) electrons. The minimum absolute atomic E-state index is 0.153. The van der Waals surface area contributed by atoms with E-state index in [1.54, 1.807) is 12.1 Å². The van der Waals surface area contributed by atoms with Crippen molar-refractivity contribution in [3.63, 3.8) is 0 Å². The summed E-state index contributed by atoms with van der Waals surface area (Å²) in [6, 6.07) is 16.7. The second-order valence-electron chi connectivity index (χ2n) is 6.02. The molecule has 0 spiro atoms. The van der Waals surface area contributed by atoms with Crippen LogP contribution in [-0.4, -0.2) is 51.1 Å². The highest BCUT2D eigenvalue weighted by molar-refractivity contribution is 7.88. The van der Waals surface area contributed by atoms with Crippen molar-refractivity contribution in [2.24, 2.45) is 0 Å². The Balaban J connectivity index is 1.67. The smallest absolute Gasteiger partial charge is 0.255 e. The largest absolute Gasteiger partial charge is 0.369 e. The third-order valence-electron chi connectivity index (χ3n) is 4.21. The molecule has 3 rings (SSSR count). The molecule has 1 aliphatic rings. The Labute approximate surface area is 148 Å². The Hall–Kier alpha value is -2.38. The van der Waals surface area contributed by atoms with Gasteiger partial charge in [-0.1, -0.05) is 24.3 Å². The van der Waals surface area contributed by atoms with E-state index in [-0.39, 0.29) is 5.91 Å². The molecule has 1 N–H and O–H groups in total. The van der Waals surface area contributed by atoms with E-state index in [4.69, 9.17) is 0 Å². The van der Waals surface area contributed by atoms with Gasteiger partial charge in [0, 0.05) is 43.1 Å². The number of sulfonamides is 1. The Bertz CT molecular complexity index is 845. The molecule has 2 aromatic rings. The number of hydrogen-bond donors (Lipinski definition) is 1. The topological polar surface area (TPSA) is 69.7 Å². The maximum absolute atomic E-state index is 12.3. The van der Waals surface area contributed by atoms with Crippen LogP contribution < -0.4 is 10.2 Å². The van der Waals surface area contributed by atoms with E-state index in [1.165, 1.54) is 10.6 Å². The van der Waals surface area contributed by atoms with Gasteiger partial charge < -0.3 is 10.2 Å². The summed E-state index contributed by atoms with van der Waals surface area (Å²) in [6.45, 7) is 2.20. The molecule has 1 heterocycles. The maximum atomic E-state index is 12.3. The molecule has 1 fully saturated rings. The number of carbonyl (C=O) groups excluding carboxylic acids is 1. The van der Waals surface area contributed by atoms with Crippen LogP contribution in [-0.2, 0) is 10.0 Å². The molecule has 2 aromatic carbocycles. The minimum atomic E-state index is -3.14. The highest BCUT2D eigenvalue weighted by atomic mass is 32.2. The first-order chi connectivity index (χ1) is 11.9. The van der Waals surface area contributed by atoms with Crippen LogP contribution in [0, 0.1) is 0 Å². The van der Waals surface area contributed by atoms with Crippen molar-refractivity contribution in [2.45, 2.75) is 0 Å². The average Bonchev–Trinajstić information content (AvgIpc) is 2.62. The highest BCUT2D eigenvalue weighted by Gasteiger charge is 2.23. The monoisotopic (exact) mass is 359 g/mol. The van der Waals surface area contributed by atoms with E-state index < -0.39 is 10.0 Å². The van der Waals surface area contributed by atoms with Crippen LogP contribution in [0.2, 0.25) is 0 Å². The number of nitrogens with zero attached hydrogens (tertiary/aromatic N) is 2. The number of carbonyl (C=O) groups is 1. The third-order valence-corrected chi connectivity index (χ3v) is 5.52. The molecule has 0 saturated carbocycles. The number of benzene rings is 2. The van der Waals surface area contributed by atoms with E-state index >= 15 is 0 Å². The molecular formula is C18H21N3O3S. The quantitative estimate of drug-likeness (QED) is 0.907. The van der Waals surface area contributed by atoms with E-state index in [0.29, 0.717) is 31.7 Å². The lowest BCUT2D eigenvalue weighted by atomic mass is 10.2. The van der Waals surface area contributed by atoms with Gasteiger partial charge in [0.25, 0.3) is 5.91 Å². The summed E-state index contributed by atoms with van der Waals surface area (Å²) >= 11 is 0. The summed E-state index contributed by atoms with van der Waals surface area (Å²) in [5.41, 5.74) is 2.30. The van der Waals surface area contributed by atoms with Gasteiger partial charge in [-0.2, -0.15) is 4.31 Å². The number of amides is 1. The van der Waals surface area contributed by atoms with Crippen molar-refractivity contribution in [1.82, 2.24) is 4.31 Å². The van der Waals surface area contributed by atoms with E-state index in [1.807, 2.05) is 42.5 Å². The SMILES string of the molecule is CS(=O)(=O)N1CCN(c2cccc(NC(=O)c3ccccc3)c2)CC1. The van der Waals surface area contributed by atoms with Gasteiger partial charge in [0.05, 0.1) is 6.26 Å². The molecule has 1 aliphatic heterocycles. The van der Waals surface area contributed by atoms with Gasteiger partial charge in [-0.3, -0.25) is 4.79 Å². The molecule has 7 heteroatoms. The molecule has 1 saturated heterocycles. The fourth-order valence-corrected chi connectivity index (χ4v) is 3.68. The molecule has 1 amide bonds. The molecular weight excluding hydrogens is 338 g/mol. The van der Waals surface area contributed by atoms with E-state index in [2.05, 4.69) is 10.2 Å². The van der Waals surface area contributed by atoms with Crippen LogP contribution in [0.5, 0.6) is 0 Å². The van der Waals surface area contributed by atoms with Crippen LogP contribution in [0.3, 0.4) is 0 Å². The lowest BCUT2D eigenvalue weighted by molar-refractivity contribution is 0.102. The van der Waals surface area contributed by atoms with Crippen LogP contribution >= 0.6 is 0 Å².